The number of hydrogen-bond acceptors (Lipinski definition) is 4. The van der Waals surface area contributed by atoms with Crippen molar-refractivity contribution >= 4 is 5.91 Å². The third kappa shape index (κ3) is 4.35. The molecule has 1 aliphatic heterocycles. The van der Waals surface area contributed by atoms with Crippen molar-refractivity contribution in [1.29, 1.82) is 0 Å². The third-order valence-electron chi connectivity index (χ3n) is 4.39. The highest BCUT2D eigenvalue weighted by Gasteiger charge is 2.15. The Kier molecular flexibility index (Phi) is 5.48. The number of methoxy groups -OCH3 is 1. The van der Waals surface area contributed by atoms with E-state index in [9.17, 15) is 4.79 Å². The summed E-state index contributed by atoms with van der Waals surface area (Å²) in [5.74, 6) is 1.56. The van der Waals surface area contributed by atoms with Gasteiger partial charge in [-0.15, -0.1) is 0 Å². The summed E-state index contributed by atoms with van der Waals surface area (Å²) < 4.78 is 6.95. The maximum Gasteiger partial charge on any atom is 0.220 e. The first-order chi connectivity index (χ1) is 11.7. The molecule has 0 saturated carbocycles. The van der Waals surface area contributed by atoms with Crippen molar-refractivity contribution < 1.29 is 9.53 Å². The maximum atomic E-state index is 11.9. The van der Waals surface area contributed by atoms with Crippen LogP contribution < -0.4 is 15.4 Å². The lowest BCUT2D eigenvalue weighted by atomic mass is 10.0. The second-order valence-corrected chi connectivity index (χ2v) is 6.12. The first-order valence-electron chi connectivity index (χ1n) is 8.41. The van der Waals surface area contributed by atoms with Crippen molar-refractivity contribution in [2.75, 3.05) is 20.2 Å². The number of amides is 1. The zero-order valence-corrected chi connectivity index (χ0v) is 14.0. The van der Waals surface area contributed by atoms with Crippen molar-refractivity contribution in [3.63, 3.8) is 0 Å². The van der Waals surface area contributed by atoms with Crippen LogP contribution in [0.1, 0.15) is 25.0 Å². The Bertz CT molecular complexity index is 660. The number of rotatable bonds is 7. The molecule has 2 aromatic rings. The van der Waals surface area contributed by atoms with E-state index in [0.29, 0.717) is 18.9 Å². The van der Waals surface area contributed by atoms with Crippen LogP contribution in [0, 0.1) is 5.92 Å². The first kappa shape index (κ1) is 16.5. The molecule has 1 fully saturated rings. The number of ether oxygens (including phenoxy) is 1. The minimum Gasteiger partial charge on any atom is -0.497 e. The van der Waals surface area contributed by atoms with E-state index in [1.165, 1.54) is 6.42 Å². The molecule has 3 rings (SSSR count). The van der Waals surface area contributed by atoms with Crippen LogP contribution >= 0.6 is 0 Å². The fourth-order valence-corrected chi connectivity index (χ4v) is 2.91. The molecule has 128 valence electrons. The van der Waals surface area contributed by atoms with Crippen LogP contribution in [0.4, 0.5) is 0 Å². The van der Waals surface area contributed by atoms with Gasteiger partial charge in [0.1, 0.15) is 5.75 Å². The largest absolute Gasteiger partial charge is 0.497 e. The monoisotopic (exact) mass is 328 g/mol. The molecule has 24 heavy (non-hydrogen) atoms. The number of carbonyl (C=O) groups excluding carboxylic acids is 1. The highest BCUT2D eigenvalue weighted by Crippen LogP contribution is 2.15. The Morgan fingerprint density at radius 1 is 1.38 bits per heavy atom. The Balaban J connectivity index is 1.47. The molecule has 0 bridgehead atoms. The van der Waals surface area contributed by atoms with Gasteiger partial charge >= 0.3 is 0 Å². The highest BCUT2D eigenvalue weighted by atomic mass is 16.5. The van der Waals surface area contributed by atoms with Gasteiger partial charge in [-0.1, -0.05) is 0 Å². The standard InChI is InChI=1S/C18H24N4O2/c1-24-17-5-3-16(4-6-17)22-11-9-15(21-22)13-20-18(23)7-2-14-8-10-19-12-14/h3-6,9,11,14,19H,2,7-8,10,12-13H2,1H3,(H,20,23). The van der Waals surface area contributed by atoms with E-state index >= 15 is 0 Å². The van der Waals surface area contributed by atoms with Crippen molar-refractivity contribution in [2.45, 2.75) is 25.8 Å². The Morgan fingerprint density at radius 3 is 2.92 bits per heavy atom. The molecule has 1 amide bonds. The molecule has 2 N–H and O–H groups in total. The minimum absolute atomic E-state index is 0.0981. The molecular weight excluding hydrogens is 304 g/mol. The van der Waals surface area contributed by atoms with Gasteiger partial charge in [-0.25, -0.2) is 4.68 Å². The molecule has 1 unspecified atom stereocenters. The van der Waals surface area contributed by atoms with Gasteiger partial charge in [-0.05, 0) is 62.2 Å². The number of nitrogens with zero attached hydrogens (tertiary/aromatic N) is 2. The zero-order valence-electron chi connectivity index (χ0n) is 14.0. The third-order valence-corrected chi connectivity index (χ3v) is 4.39. The normalized spacial score (nSPS) is 17.0. The van der Waals surface area contributed by atoms with Gasteiger partial charge in [0.2, 0.25) is 5.91 Å². The lowest BCUT2D eigenvalue weighted by molar-refractivity contribution is -0.121. The summed E-state index contributed by atoms with van der Waals surface area (Å²) in [7, 11) is 1.65. The highest BCUT2D eigenvalue weighted by molar-refractivity contribution is 5.75. The molecule has 1 aliphatic rings. The van der Waals surface area contributed by atoms with E-state index < -0.39 is 0 Å². The fourth-order valence-electron chi connectivity index (χ4n) is 2.91. The predicted octanol–water partition coefficient (Wildman–Crippen LogP) is 1.89. The molecule has 6 heteroatoms. The van der Waals surface area contributed by atoms with E-state index in [2.05, 4.69) is 15.7 Å². The lowest BCUT2D eigenvalue weighted by Crippen LogP contribution is -2.23. The van der Waals surface area contributed by atoms with Crippen LogP contribution in [-0.2, 0) is 11.3 Å². The van der Waals surface area contributed by atoms with Gasteiger partial charge in [0, 0.05) is 12.6 Å². The van der Waals surface area contributed by atoms with Gasteiger partial charge in [0.25, 0.3) is 0 Å². The molecule has 1 aromatic carbocycles. The van der Waals surface area contributed by atoms with E-state index in [-0.39, 0.29) is 5.91 Å². The van der Waals surface area contributed by atoms with Gasteiger partial charge < -0.3 is 15.4 Å². The summed E-state index contributed by atoms with van der Waals surface area (Å²) in [5, 5.41) is 10.8. The van der Waals surface area contributed by atoms with Crippen LogP contribution in [0.5, 0.6) is 5.75 Å². The molecule has 0 aliphatic carbocycles. The number of nitrogens with one attached hydrogen (secondary N) is 2. The molecule has 0 spiro atoms. The number of carbonyl (C=O) groups is 1. The quantitative estimate of drug-likeness (QED) is 0.814. The molecule has 1 saturated heterocycles. The van der Waals surface area contributed by atoms with E-state index in [1.807, 2.05) is 36.5 Å². The maximum absolute atomic E-state index is 11.9. The summed E-state index contributed by atoms with van der Waals surface area (Å²) in [4.78, 5) is 11.9. The molecule has 1 atom stereocenters. The van der Waals surface area contributed by atoms with Gasteiger partial charge in [-0.2, -0.15) is 5.10 Å². The number of benzene rings is 1. The molecule has 0 radical (unpaired) electrons. The Labute approximate surface area is 142 Å². The second kappa shape index (κ2) is 7.97. The Hall–Kier alpha value is -2.34. The molecule has 2 heterocycles. The second-order valence-electron chi connectivity index (χ2n) is 6.12. The number of hydrogen-bond donors (Lipinski definition) is 2. The Morgan fingerprint density at radius 2 is 2.21 bits per heavy atom. The molecule has 1 aromatic heterocycles. The zero-order chi connectivity index (χ0) is 16.8. The van der Waals surface area contributed by atoms with E-state index in [4.69, 9.17) is 4.74 Å². The van der Waals surface area contributed by atoms with Crippen molar-refractivity contribution in [1.82, 2.24) is 20.4 Å². The lowest BCUT2D eigenvalue weighted by Gasteiger charge is -2.08. The predicted molar refractivity (Wildman–Crippen MR) is 92.2 cm³/mol. The van der Waals surface area contributed by atoms with E-state index in [0.717, 1.165) is 36.6 Å². The topological polar surface area (TPSA) is 68.2 Å². The summed E-state index contributed by atoms with van der Waals surface area (Å²) in [6, 6.07) is 9.62. The average molecular weight is 328 g/mol. The van der Waals surface area contributed by atoms with Gasteiger partial charge in [0.15, 0.2) is 0 Å². The van der Waals surface area contributed by atoms with Crippen LogP contribution in [0.2, 0.25) is 0 Å². The smallest absolute Gasteiger partial charge is 0.220 e. The number of aromatic nitrogens is 2. The molecular formula is C18H24N4O2. The summed E-state index contributed by atoms with van der Waals surface area (Å²) in [6.07, 6.45) is 4.62. The minimum atomic E-state index is 0.0981. The first-order valence-corrected chi connectivity index (χ1v) is 8.41. The van der Waals surface area contributed by atoms with Crippen molar-refractivity contribution in [2.24, 2.45) is 5.92 Å². The van der Waals surface area contributed by atoms with Crippen LogP contribution in [0.3, 0.4) is 0 Å². The van der Waals surface area contributed by atoms with Crippen LogP contribution in [0.25, 0.3) is 5.69 Å². The van der Waals surface area contributed by atoms with Gasteiger partial charge in [0.05, 0.1) is 25.0 Å². The summed E-state index contributed by atoms with van der Waals surface area (Å²) >= 11 is 0. The average Bonchev–Trinajstić information content (AvgIpc) is 3.30. The van der Waals surface area contributed by atoms with Crippen molar-refractivity contribution in [3.8, 4) is 11.4 Å². The molecule has 6 nitrogen and oxygen atoms in total. The van der Waals surface area contributed by atoms with Gasteiger partial charge in [-0.3, -0.25) is 4.79 Å². The van der Waals surface area contributed by atoms with Crippen molar-refractivity contribution in [3.05, 3.63) is 42.2 Å². The summed E-state index contributed by atoms with van der Waals surface area (Å²) in [6.45, 7) is 2.58. The van der Waals surface area contributed by atoms with Crippen LogP contribution in [-0.4, -0.2) is 35.9 Å². The van der Waals surface area contributed by atoms with E-state index in [1.54, 1.807) is 11.8 Å². The SMILES string of the molecule is COc1ccc(-n2ccc(CNC(=O)CCC3CCNC3)n2)cc1. The fraction of sp³-hybridized carbons (Fsp3) is 0.444. The summed E-state index contributed by atoms with van der Waals surface area (Å²) in [5.41, 5.74) is 1.81. The van der Waals surface area contributed by atoms with Crippen LogP contribution in [0.15, 0.2) is 36.5 Å².